The van der Waals surface area contributed by atoms with Crippen LogP contribution >= 0.6 is 0 Å². The molecule has 0 radical (unpaired) electrons. The number of ether oxygens (including phenoxy) is 2. The van der Waals surface area contributed by atoms with Crippen molar-refractivity contribution in [1.82, 2.24) is 4.98 Å². The minimum Gasteiger partial charge on any atom is -0.468 e. The van der Waals surface area contributed by atoms with Crippen LogP contribution in [0.5, 0.6) is 5.88 Å². The molecule has 3 rings (SSSR count). The van der Waals surface area contributed by atoms with Gasteiger partial charge in [-0.15, -0.1) is 0 Å². The van der Waals surface area contributed by atoms with Gasteiger partial charge >= 0.3 is 12.1 Å². The van der Waals surface area contributed by atoms with Crippen LogP contribution < -0.4 is 9.04 Å². The lowest BCUT2D eigenvalue weighted by Gasteiger charge is -2.18. The van der Waals surface area contributed by atoms with Gasteiger partial charge in [-0.3, -0.25) is 9.10 Å². The van der Waals surface area contributed by atoms with Crippen molar-refractivity contribution in [3.63, 3.8) is 0 Å². The molecule has 32 heavy (non-hydrogen) atoms. The van der Waals surface area contributed by atoms with Crippen molar-refractivity contribution in [1.29, 1.82) is 0 Å². The number of carbonyl (C=O) groups is 2. The number of halogens is 3. The monoisotopic (exact) mass is 472 g/mol. The predicted octanol–water partition coefficient (Wildman–Crippen LogP) is 2.77. The van der Waals surface area contributed by atoms with E-state index in [9.17, 15) is 31.2 Å². The minimum absolute atomic E-state index is 0.0344. The molecule has 0 atom stereocenters. The lowest BCUT2D eigenvalue weighted by atomic mass is 10.1. The molecule has 12 heteroatoms. The largest absolute Gasteiger partial charge is 0.468 e. The van der Waals surface area contributed by atoms with E-state index in [0.717, 1.165) is 12.3 Å². The summed E-state index contributed by atoms with van der Waals surface area (Å²) in [5, 5.41) is 0. The van der Waals surface area contributed by atoms with Gasteiger partial charge in [-0.2, -0.15) is 13.2 Å². The standard InChI is InChI=1S/C20H19F3N2O6S/c1-2-32(28,29)25-8-7-13-9-14(3-5-16(13)25)17(26)11-30-19(27)15-4-6-18(24-10-15)31-12-20(21,22)23/h3-6,9-10H,2,7-8,11-12H2,1H3. The molecule has 1 aliphatic heterocycles. The highest BCUT2D eigenvalue weighted by molar-refractivity contribution is 7.92. The van der Waals surface area contributed by atoms with Crippen LogP contribution in [-0.2, 0) is 21.2 Å². The molecule has 172 valence electrons. The number of hydrogen-bond acceptors (Lipinski definition) is 7. The summed E-state index contributed by atoms with van der Waals surface area (Å²) in [6.07, 6.45) is -3.07. The third-order valence-corrected chi connectivity index (χ3v) is 6.43. The molecule has 8 nitrogen and oxygen atoms in total. The number of carbonyl (C=O) groups excluding carboxylic acids is 2. The first kappa shape index (κ1) is 23.5. The third kappa shape index (κ3) is 5.55. The van der Waals surface area contributed by atoms with E-state index in [4.69, 9.17) is 4.74 Å². The van der Waals surface area contributed by atoms with Gasteiger partial charge in [0.2, 0.25) is 15.9 Å². The Morgan fingerprint density at radius 1 is 1.16 bits per heavy atom. The first-order valence-corrected chi connectivity index (χ1v) is 11.1. The summed E-state index contributed by atoms with van der Waals surface area (Å²) in [6.45, 7) is -0.228. The number of anilines is 1. The lowest BCUT2D eigenvalue weighted by Crippen LogP contribution is -2.30. The van der Waals surface area contributed by atoms with Gasteiger partial charge in [-0.25, -0.2) is 18.2 Å². The summed E-state index contributed by atoms with van der Waals surface area (Å²) in [7, 11) is -3.40. The molecule has 0 unspecified atom stereocenters. The molecule has 2 aromatic rings. The van der Waals surface area contributed by atoms with Crippen molar-refractivity contribution in [2.75, 3.05) is 29.8 Å². The number of hydrogen-bond donors (Lipinski definition) is 0. The highest BCUT2D eigenvalue weighted by Crippen LogP contribution is 2.31. The second kappa shape index (κ2) is 9.15. The zero-order chi connectivity index (χ0) is 23.5. The Bertz CT molecular complexity index is 1120. The number of benzene rings is 1. The van der Waals surface area contributed by atoms with Crippen LogP contribution in [0.1, 0.15) is 33.2 Å². The molecule has 2 heterocycles. The van der Waals surface area contributed by atoms with E-state index in [0.29, 0.717) is 24.2 Å². The quantitative estimate of drug-likeness (QED) is 0.430. The fraction of sp³-hybridized carbons (Fsp3) is 0.350. The van der Waals surface area contributed by atoms with Crippen LogP contribution in [0.2, 0.25) is 0 Å². The molecule has 1 aromatic heterocycles. The second-order valence-corrected chi connectivity index (χ2v) is 9.04. The number of pyridine rings is 1. The zero-order valence-corrected chi connectivity index (χ0v) is 17.7. The van der Waals surface area contributed by atoms with E-state index < -0.39 is 41.2 Å². The molecule has 0 N–H and O–H groups in total. The molecule has 1 aromatic carbocycles. The molecule has 0 fully saturated rings. The SMILES string of the molecule is CCS(=O)(=O)N1CCc2cc(C(=O)COC(=O)c3ccc(OCC(F)(F)F)nc3)ccc21. The van der Waals surface area contributed by atoms with E-state index in [1.54, 1.807) is 19.1 Å². The predicted molar refractivity (Wildman–Crippen MR) is 107 cm³/mol. The van der Waals surface area contributed by atoms with Crippen LogP contribution in [0.25, 0.3) is 0 Å². The summed E-state index contributed by atoms with van der Waals surface area (Å²) < 4.78 is 71.4. The van der Waals surface area contributed by atoms with Crippen molar-refractivity contribution in [2.45, 2.75) is 19.5 Å². The highest BCUT2D eigenvalue weighted by atomic mass is 32.2. The van der Waals surface area contributed by atoms with Crippen molar-refractivity contribution >= 4 is 27.5 Å². The maximum atomic E-state index is 12.4. The van der Waals surface area contributed by atoms with Gasteiger partial charge in [0.25, 0.3) is 0 Å². The van der Waals surface area contributed by atoms with Gasteiger partial charge in [0, 0.05) is 24.4 Å². The Labute approximate surface area is 182 Å². The number of aromatic nitrogens is 1. The van der Waals surface area contributed by atoms with Gasteiger partial charge in [-0.1, -0.05) is 0 Å². The Balaban J connectivity index is 1.58. The van der Waals surface area contributed by atoms with Crippen LogP contribution in [0.15, 0.2) is 36.5 Å². The number of rotatable bonds is 8. The van der Waals surface area contributed by atoms with Crippen molar-refractivity contribution < 1.29 is 40.7 Å². The van der Waals surface area contributed by atoms with Crippen LogP contribution in [0, 0.1) is 0 Å². The van der Waals surface area contributed by atoms with E-state index in [2.05, 4.69) is 9.72 Å². The van der Waals surface area contributed by atoms with Gasteiger partial charge in [0.05, 0.1) is 17.0 Å². The maximum absolute atomic E-state index is 12.4. The van der Waals surface area contributed by atoms with Crippen LogP contribution in [0.4, 0.5) is 18.9 Å². The number of Topliss-reactive ketones (excluding diaryl/α,β-unsaturated/α-hetero) is 1. The number of fused-ring (bicyclic) bond motifs is 1. The van der Waals surface area contributed by atoms with E-state index in [1.807, 2.05) is 0 Å². The number of alkyl halides is 3. The van der Waals surface area contributed by atoms with Gasteiger partial charge in [-0.05, 0) is 43.2 Å². The average Bonchev–Trinajstić information content (AvgIpc) is 3.20. The summed E-state index contributed by atoms with van der Waals surface area (Å²) in [6, 6.07) is 6.84. The zero-order valence-electron chi connectivity index (χ0n) is 16.9. The fourth-order valence-corrected chi connectivity index (χ4v) is 4.19. The molecular formula is C20H19F3N2O6S. The molecular weight excluding hydrogens is 453 g/mol. The highest BCUT2D eigenvalue weighted by Gasteiger charge is 2.29. The summed E-state index contributed by atoms with van der Waals surface area (Å²) in [5.41, 5.74) is 1.44. The maximum Gasteiger partial charge on any atom is 0.422 e. The topological polar surface area (TPSA) is 103 Å². The van der Waals surface area contributed by atoms with Gasteiger partial charge < -0.3 is 9.47 Å². The normalized spacial score (nSPS) is 13.6. The number of sulfonamides is 1. The summed E-state index contributed by atoms with van der Waals surface area (Å²) in [5.74, 6) is -1.72. The van der Waals surface area contributed by atoms with Gasteiger partial charge in [0.15, 0.2) is 19.0 Å². The average molecular weight is 472 g/mol. The molecule has 0 saturated heterocycles. The molecule has 0 aliphatic carbocycles. The number of nitrogens with zero attached hydrogens (tertiary/aromatic N) is 2. The van der Waals surface area contributed by atoms with Crippen molar-refractivity contribution in [3.8, 4) is 5.88 Å². The van der Waals surface area contributed by atoms with E-state index in [-0.39, 0.29) is 22.8 Å². The first-order chi connectivity index (χ1) is 15.0. The smallest absolute Gasteiger partial charge is 0.422 e. The third-order valence-electron chi connectivity index (χ3n) is 4.65. The number of ketones is 1. The lowest BCUT2D eigenvalue weighted by molar-refractivity contribution is -0.154. The van der Waals surface area contributed by atoms with E-state index in [1.165, 1.54) is 16.4 Å². The number of esters is 1. The van der Waals surface area contributed by atoms with Crippen molar-refractivity contribution in [2.24, 2.45) is 0 Å². The molecule has 0 amide bonds. The minimum atomic E-state index is -4.51. The molecule has 1 aliphatic rings. The second-order valence-electron chi connectivity index (χ2n) is 6.85. The van der Waals surface area contributed by atoms with Crippen LogP contribution in [0.3, 0.4) is 0 Å². The molecule has 0 bridgehead atoms. The Kier molecular flexibility index (Phi) is 6.72. The summed E-state index contributed by atoms with van der Waals surface area (Å²) >= 11 is 0. The molecule has 0 spiro atoms. The fourth-order valence-electron chi connectivity index (χ4n) is 3.03. The Morgan fingerprint density at radius 3 is 2.50 bits per heavy atom. The van der Waals surface area contributed by atoms with Crippen molar-refractivity contribution in [3.05, 3.63) is 53.2 Å². The first-order valence-electron chi connectivity index (χ1n) is 9.49. The van der Waals surface area contributed by atoms with Gasteiger partial charge in [0.1, 0.15) is 0 Å². The Hall–Kier alpha value is -3.15. The molecule has 0 saturated carbocycles. The Morgan fingerprint density at radius 2 is 1.88 bits per heavy atom. The van der Waals surface area contributed by atoms with E-state index >= 15 is 0 Å². The van der Waals surface area contributed by atoms with Crippen LogP contribution in [-0.4, -0.2) is 56.8 Å². The summed E-state index contributed by atoms with van der Waals surface area (Å²) in [4.78, 5) is 28.1.